The molecule has 1 amide bonds. The average Bonchev–Trinajstić information content (AvgIpc) is 2.96. The van der Waals surface area contributed by atoms with Crippen LogP contribution in [0.2, 0.25) is 0 Å². The molecule has 2 aromatic heterocycles. The number of hydrogen-bond donors (Lipinski definition) is 1. The molecule has 110 valence electrons. The van der Waals surface area contributed by atoms with Crippen LogP contribution in [0, 0.1) is 5.82 Å². The Labute approximate surface area is 126 Å². The molecule has 0 aliphatic carbocycles. The van der Waals surface area contributed by atoms with Crippen LogP contribution < -0.4 is 5.32 Å². The summed E-state index contributed by atoms with van der Waals surface area (Å²) in [5.74, 6) is -0.219. The van der Waals surface area contributed by atoms with Crippen molar-refractivity contribution in [2.24, 2.45) is 0 Å². The van der Waals surface area contributed by atoms with Gasteiger partial charge in [0.25, 0.3) is 5.91 Å². The number of carbonyl (C=O) groups is 1. The van der Waals surface area contributed by atoms with Gasteiger partial charge in [0.2, 0.25) is 0 Å². The number of pyridine rings is 1. The van der Waals surface area contributed by atoms with Gasteiger partial charge < -0.3 is 10.2 Å². The molecule has 0 radical (unpaired) electrons. The summed E-state index contributed by atoms with van der Waals surface area (Å²) >= 11 is 1.73. The van der Waals surface area contributed by atoms with Crippen LogP contribution in [-0.4, -0.2) is 28.9 Å². The Bertz CT molecular complexity index is 671. The lowest BCUT2D eigenvalue weighted by atomic mass is 10.1. The quantitative estimate of drug-likeness (QED) is 0.948. The van der Waals surface area contributed by atoms with E-state index in [0.717, 1.165) is 12.6 Å². The molecule has 3 rings (SSSR count). The van der Waals surface area contributed by atoms with Crippen molar-refractivity contribution in [3.05, 3.63) is 45.5 Å². The minimum Gasteiger partial charge on any atom is -0.370 e. The number of anilines is 1. The maximum Gasteiger partial charge on any atom is 0.258 e. The van der Waals surface area contributed by atoms with Crippen LogP contribution in [0.15, 0.2) is 23.7 Å². The molecule has 0 spiro atoms. The normalized spacial score (nSPS) is 13.9. The second-order valence-electron chi connectivity index (χ2n) is 4.93. The Morgan fingerprint density at radius 1 is 1.57 bits per heavy atom. The molecule has 0 fully saturated rings. The van der Waals surface area contributed by atoms with Gasteiger partial charge in [-0.3, -0.25) is 4.79 Å². The smallest absolute Gasteiger partial charge is 0.258 e. The van der Waals surface area contributed by atoms with E-state index < -0.39 is 5.82 Å². The molecular formula is C15H16FN3OS. The van der Waals surface area contributed by atoms with Gasteiger partial charge in [-0.05, 0) is 36.4 Å². The first-order chi connectivity index (χ1) is 10.2. The summed E-state index contributed by atoms with van der Waals surface area (Å²) < 4.78 is 13.4. The van der Waals surface area contributed by atoms with E-state index in [-0.39, 0.29) is 5.91 Å². The molecule has 1 N–H and O–H groups in total. The third-order valence-electron chi connectivity index (χ3n) is 3.52. The van der Waals surface area contributed by atoms with Gasteiger partial charge in [-0.1, -0.05) is 0 Å². The SMILES string of the molecule is CCNc1ncc(F)cc1C(=O)N1CCc2sccc2C1. The van der Waals surface area contributed by atoms with Gasteiger partial charge in [-0.2, -0.15) is 0 Å². The minimum absolute atomic E-state index is 0.171. The van der Waals surface area contributed by atoms with Crippen LogP contribution in [0.4, 0.5) is 10.2 Å². The monoisotopic (exact) mass is 305 g/mol. The fraction of sp³-hybridized carbons (Fsp3) is 0.333. The maximum atomic E-state index is 13.4. The summed E-state index contributed by atoms with van der Waals surface area (Å²) in [4.78, 5) is 19.7. The molecule has 0 saturated carbocycles. The van der Waals surface area contributed by atoms with Gasteiger partial charge in [0, 0.05) is 24.5 Å². The van der Waals surface area contributed by atoms with Crippen molar-refractivity contribution in [1.82, 2.24) is 9.88 Å². The van der Waals surface area contributed by atoms with Crippen molar-refractivity contribution in [1.29, 1.82) is 0 Å². The number of halogens is 1. The number of fused-ring (bicyclic) bond motifs is 1. The van der Waals surface area contributed by atoms with Crippen LogP contribution in [-0.2, 0) is 13.0 Å². The molecule has 0 aromatic carbocycles. The average molecular weight is 305 g/mol. The molecule has 2 aromatic rings. The third-order valence-corrected chi connectivity index (χ3v) is 4.55. The molecule has 6 heteroatoms. The zero-order valence-corrected chi connectivity index (χ0v) is 12.5. The summed E-state index contributed by atoms with van der Waals surface area (Å²) in [5.41, 5.74) is 1.49. The lowest BCUT2D eigenvalue weighted by Gasteiger charge is -2.27. The van der Waals surface area contributed by atoms with E-state index in [0.29, 0.717) is 31.0 Å². The third kappa shape index (κ3) is 2.76. The minimum atomic E-state index is -0.492. The van der Waals surface area contributed by atoms with Gasteiger partial charge in [0.05, 0.1) is 11.8 Å². The van der Waals surface area contributed by atoms with Crippen molar-refractivity contribution in [3.63, 3.8) is 0 Å². The van der Waals surface area contributed by atoms with E-state index in [9.17, 15) is 9.18 Å². The summed E-state index contributed by atoms with van der Waals surface area (Å²) in [7, 11) is 0. The molecule has 0 atom stereocenters. The second-order valence-corrected chi connectivity index (χ2v) is 5.93. The zero-order chi connectivity index (χ0) is 14.8. The first-order valence-electron chi connectivity index (χ1n) is 6.93. The first kappa shape index (κ1) is 14.0. The number of nitrogens with zero attached hydrogens (tertiary/aromatic N) is 2. The van der Waals surface area contributed by atoms with E-state index in [1.54, 1.807) is 16.2 Å². The summed E-state index contributed by atoms with van der Waals surface area (Å²) in [6, 6.07) is 3.31. The van der Waals surface area contributed by atoms with Gasteiger partial charge >= 0.3 is 0 Å². The molecule has 21 heavy (non-hydrogen) atoms. The summed E-state index contributed by atoms with van der Waals surface area (Å²) in [5, 5.41) is 5.06. The molecule has 4 nitrogen and oxygen atoms in total. The lowest BCUT2D eigenvalue weighted by Crippen LogP contribution is -2.36. The largest absolute Gasteiger partial charge is 0.370 e. The molecule has 3 heterocycles. The number of nitrogens with one attached hydrogen (secondary N) is 1. The van der Waals surface area contributed by atoms with E-state index in [1.807, 2.05) is 12.3 Å². The Morgan fingerprint density at radius 3 is 3.24 bits per heavy atom. The number of amides is 1. The summed E-state index contributed by atoms with van der Waals surface area (Å²) in [6.07, 6.45) is 1.99. The Morgan fingerprint density at radius 2 is 2.43 bits per heavy atom. The van der Waals surface area contributed by atoms with Crippen molar-refractivity contribution in [2.75, 3.05) is 18.4 Å². The number of aromatic nitrogens is 1. The van der Waals surface area contributed by atoms with Gasteiger partial charge in [-0.15, -0.1) is 11.3 Å². The van der Waals surface area contributed by atoms with E-state index in [2.05, 4.69) is 16.4 Å². The topological polar surface area (TPSA) is 45.2 Å². The number of thiophene rings is 1. The molecule has 0 bridgehead atoms. The predicted octanol–water partition coefficient (Wildman–Crippen LogP) is 2.91. The highest BCUT2D eigenvalue weighted by Gasteiger charge is 2.25. The highest BCUT2D eigenvalue weighted by Crippen LogP contribution is 2.26. The molecular weight excluding hydrogens is 289 g/mol. The van der Waals surface area contributed by atoms with Crippen LogP contribution in [0.25, 0.3) is 0 Å². The van der Waals surface area contributed by atoms with Crippen LogP contribution >= 0.6 is 11.3 Å². The highest BCUT2D eigenvalue weighted by molar-refractivity contribution is 7.10. The van der Waals surface area contributed by atoms with E-state index in [4.69, 9.17) is 0 Å². The van der Waals surface area contributed by atoms with Crippen molar-refractivity contribution in [3.8, 4) is 0 Å². The lowest BCUT2D eigenvalue weighted by molar-refractivity contribution is 0.0736. The van der Waals surface area contributed by atoms with Gasteiger partial charge in [-0.25, -0.2) is 9.37 Å². The fourth-order valence-electron chi connectivity index (χ4n) is 2.50. The molecule has 1 aliphatic rings. The second kappa shape index (κ2) is 5.81. The van der Waals surface area contributed by atoms with Crippen molar-refractivity contribution in [2.45, 2.75) is 19.9 Å². The zero-order valence-electron chi connectivity index (χ0n) is 11.7. The predicted molar refractivity (Wildman–Crippen MR) is 81.1 cm³/mol. The Kier molecular flexibility index (Phi) is 3.88. The van der Waals surface area contributed by atoms with Gasteiger partial charge in [0.1, 0.15) is 11.6 Å². The Balaban J connectivity index is 1.87. The van der Waals surface area contributed by atoms with Crippen molar-refractivity contribution < 1.29 is 9.18 Å². The van der Waals surface area contributed by atoms with E-state index >= 15 is 0 Å². The maximum absolute atomic E-state index is 13.4. The van der Waals surface area contributed by atoms with Crippen molar-refractivity contribution >= 4 is 23.1 Å². The number of hydrogen-bond acceptors (Lipinski definition) is 4. The van der Waals surface area contributed by atoms with Crippen LogP contribution in [0.1, 0.15) is 27.7 Å². The van der Waals surface area contributed by atoms with Gasteiger partial charge in [0.15, 0.2) is 0 Å². The molecule has 1 aliphatic heterocycles. The number of carbonyl (C=O) groups excluding carboxylic acids is 1. The summed E-state index contributed by atoms with van der Waals surface area (Å²) in [6.45, 7) is 3.79. The first-order valence-corrected chi connectivity index (χ1v) is 7.81. The molecule has 0 unspecified atom stereocenters. The highest BCUT2D eigenvalue weighted by atomic mass is 32.1. The van der Waals surface area contributed by atoms with E-state index in [1.165, 1.54) is 16.5 Å². The Hall–Kier alpha value is -1.95. The fourth-order valence-corrected chi connectivity index (χ4v) is 3.39. The van der Waals surface area contributed by atoms with Crippen LogP contribution in [0.3, 0.4) is 0 Å². The van der Waals surface area contributed by atoms with Crippen LogP contribution in [0.5, 0.6) is 0 Å². The molecule has 0 saturated heterocycles. The standard InChI is InChI=1S/C15H16FN3OS/c1-2-17-14-12(7-11(16)8-18-14)15(20)19-5-3-13-10(9-19)4-6-21-13/h4,6-8H,2-3,5,9H2,1H3,(H,17,18). The number of rotatable bonds is 3.